The van der Waals surface area contributed by atoms with Crippen molar-refractivity contribution in [2.24, 2.45) is 0 Å². The van der Waals surface area contributed by atoms with Crippen molar-refractivity contribution >= 4 is 29.1 Å². The lowest BCUT2D eigenvalue weighted by molar-refractivity contribution is -0.107. The zero-order valence-electron chi connectivity index (χ0n) is 8.21. The highest BCUT2D eigenvalue weighted by molar-refractivity contribution is 7.80. The van der Waals surface area contributed by atoms with Crippen molar-refractivity contribution in [3.8, 4) is 5.75 Å². The molecule has 1 aliphatic heterocycles. The number of para-hydroxylation sites is 1. The third-order valence-electron chi connectivity index (χ3n) is 2.20. The molecule has 0 aromatic heterocycles. The summed E-state index contributed by atoms with van der Waals surface area (Å²) in [5.74, 6) is 0.380. The number of anilines is 2. The van der Waals surface area contributed by atoms with E-state index in [0.717, 1.165) is 0 Å². The van der Waals surface area contributed by atoms with Gasteiger partial charge in [0, 0.05) is 11.3 Å². The van der Waals surface area contributed by atoms with Crippen molar-refractivity contribution in [3.63, 3.8) is 0 Å². The van der Waals surface area contributed by atoms with E-state index in [9.17, 15) is 13.6 Å². The van der Waals surface area contributed by atoms with Crippen LogP contribution in [0.4, 0.5) is 11.4 Å². The molecule has 1 aromatic rings. The van der Waals surface area contributed by atoms with Gasteiger partial charge in [-0.25, -0.2) is 0 Å². The fraction of sp³-hybridized carbons (Fsp3) is 0.222. The minimum absolute atomic E-state index is 0.331. The van der Waals surface area contributed by atoms with Crippen LogP contribution in [0.15, 0.2) is 18.2 Å². The van der Waals surface area contributed by atoms with Gasteiger partial charge in [0.25, 0.3) is 0 Å². The van der Waals surface area contributed by atoms with Gasteiger partial charge in [0.05, 0.1) is 17.9 Å². The number of rotatable bonds is 3. The molecule has 0 aliphatic carbocycles. The van der Waals surface area contributed by atoms with E-state index in [2.05, 4.69) is 4.72 Å². The number of amides is 1. The number of carbonyl (C=O) groups excluding carboxylic acids is 1. The number of hydrogen-bond donors (Lipinski definition) is 1. The molecule has 1 N–H and O–H groups in total. The minimum atomic E-state index is -2.41. The Kier molecular flexibility index (Phi) is 3.07. The molecule has 1 aromatic carbocycles. The first-order chi connectivity index (χ1) is 7.72. The molecule has 0 fully saturated rings. The SMILES string of the molecule is O=CN1CCOc2c(NS(=O)[O-])cccc21. The van der Waals surface area contributed by atoms with Crippen LogP contribution in [0, 0.1) is 0 Å². The normalized spacial score (nSPS) is 15.9. The molecule has 6 nitrogen and oxygen atoms in total. The topological polar surface area (TPSA) is 81.7 Å². The lowest BCUT2D eigenvalue weighted by atomic mass is 10.2. The molecule has 1 unspecified atom stereocenters. The number of nitrogens with zero attached hydrogens (tertiary/aromatic N) is 1. The zero-order chi connectivity index (χ0) is 11.5. The molecule has 86 valence electrons. The van der Waals surface area contributed by atoms with Gasteiger partial charge in [-0.05, 0) is 12.1 Å². The molecule has 0 saturated heterocycles. The second-order valence-corrected chi connectivity index (χ2v) is 3.81. The van der Waals surface area contributed by atoms with Crippen LogP contribution in [0.25, 0.3) is 0 Å². The average molecular weight is 241 g/mol. The number of hydrogen-bond acceptors (Lipinski definition) is 4. The Bertz CT molecular complexity index is 438. The van der Waals surface area contributed by atoms with Gasteiger partial charge in [0.2, 0.25) is 6.41 Å². The second kappa shape index (κ2) is 4.50. The highest BCUT2D eigenvalue weighted by Crippen LogP contribution is 2.37. The number of fused-ring (bicyclic) bond motifs is 1. The first-order valence-corrected chi connectivity index (χ1v) is 5.63. The predicted octanol–water partition coefficient (Wildman–Crippen LogP) is 0.248. The summed E-state index contributed by atoms with van der Waals surface area (Å²) in [5.41, 5.74) is 0.897. The van der Waals surface area contributed by atoms with E-state index < -0.39 is 11.3 Å². The summed E-state index contributed by atoms with van der Waals surface area (Å²) in [6.07, 6.45) is 0.694. The molecule has 0 spiro atoms. The standard InChI is InChI=1S/C9H10N2O4S/c12-6-11-4-5-15-9-7(10-16(13)14)2-1-3-8(9)11/h1-3,6,10H,4-5H2,(H,13,14)/p-1. The summed E-state index contributed by atoms with van der Waals surface area (Å²) in [6, 6.07) is 4.92. The summed E-state index contributed by atoms with van der Waals surface area (Å²) in [5, 5.41) is 0. The van der Waals surface area contributed by atoms with Crippen LogP contribution in [-0.2, 0) is 16.1 Å². The quantitative estimate of drug-likeness (QED) is 0.607. The molecule has 1 heterocycles. The van der Waals surface area contributed by atoms with Crippen molar-refractivity contribution in [2.75, 3.05) is 22.8 Å². The Labute approximate surface area is 94.6 Å². The van der Waals surface area contributed by atoms with Gasteiger partial charge in [-0.15, -0.1) is 0 Å². The molecule has 0 bridgehead atoms. The Hall–Kier alpha value is -1.60. The van der Waals surface area contributed by atoms with E-state index >= 15 is 0 Å². The largest absolute Gasteiger partial charge is 0.755 e. The van der Waals surface area contributed by atoms with E-state index in [4.69, 9.17) is 4.74 Å². The molecule has 1 amide bonds. The Morgan fingerprint density at radius 2 is 2.38 bits per heavy atom. The van der Waals surface area contributed by atoms with Gasteiger partial charge in [0.1, 0.15) is 6.61 Å². The molecule has 1 atom stereocenters. The highest BCUT2D eigenvalue weighted by Gasteiger charge is 2.20. The highest BCUT2D eigenvalue weighted by atomic mass is 32.2. The first kappa shape index (κ1) is 10.9. The molecule has 7 heteroatoms. The molecular weight excluding hydrogens is 232 g/mol. The van der Waals surface area contributed by atoms with Crippen LogP contribution in [0.3, 0.4) is 0 Å². The van der Waals surface area contributed by atoms with Crippen molar-refractivity contribution in [3.05, 3.63) is 18.2 Å². The second-order valence-electron chi connectivity index (χ2n) is 3.14. The van der Waals surface area contributed by atoms with Crippen molar-refractivity contribution < 1.29 is 18.3 Å². The smallest absolute Gasteiger partial charge is 0.214 e. The fourth-order valence-corrected chi connectivity index (χ4v) is 1.89. The maximum atomic E-state index is 10.8. The molecule has 16 heavy (non-hydrogen) atoms. The molecule has 0 saturated carbocycles. The van der Waals surface area contributed by atoms with Gasteiger partial charge >= 0.3 is 0 Å². The van der Waals surface area contributed by atoms with Crippen LogP contribution in [0.5, 0.6) is 5.75 Å². The Balaban J connectivity index is 2.42. The first-order valence-electron chi connectivity index (χ1n) is 4.56. The van der Waals surface area contributed by atoms with E-state index in [0.29, 0.717) is 36.7 Å². The van der Waals surface area contributed by atoms with E-state index in [-0.39, 0.29) is 0 Å². The van der Waals surface area contributed by atoms with E-state index in [1.54, 1.807) is 18.2 Å². The summed E-state index contributed by atoms with van der Waals surface area (Å²) in [7, 11) is 0. The van der Waals surface area contributed by atoms with Gasteiger partial charge < -0.3 is 18.9 Å². The van der Waals surface area contributed by atoms with Gasteiger partial charge in [-0.1, -0.05) is 6.07 Å². The summed E-state index contributed by atoms with van der Waals surface area (Å²) in [6.45, 7) is 0.802. The van der Waals surface area contributed by atoms with Crippen molar-refractivity contribution in [1.29, 1.82) is 0 Å². The fourth-order valence-electron chi connectivity index (χ4n) is 1.55. The summed E-state index contributed by atoms with van der Waals surface area (Å²) in [4.78, 5) is 12.3. The summed E-state index contributed by atoms with van der Waals surface area (Å²) >= 11 is -2.41. The Morgan fingerprint density at radius 1 is 1.56 bits per heavy atom. The van der Waals surface area contributed by atoms with E-state index in [1.807, 2.05) is 0 Å². The van der Waals surface area contributed by atoms with Crippen LogP contribution in [0.1, 0.15) is 0 Å². The van der Waals surface area contributed by atoms with Crippen LogP contribution < -0.4 is 14.4 Å². The maximum Gasteiger partial charge on any atom is 0.214 e. The Morgan fingerprint density at radius 3 is 3.06 bits per heavy atom. The number of carbonyl (C=O) groups is 1. The number of nitrogens with one attached hydrogen (secondary N) is 1. The van der Waals surface area contributed by atoms with Gasteiger partial charge in [-0.3, -0.25) is 9.00 Å². The lowest BCUT2D eigenvalue weighted by Crippen LogP contribution is -2.31. The third kappa shape index (κ3) is 2.00. The molecule has 0 radical (unpaired) electrons. The number of benzene rings is 1. The summed E-state index contributed by atoms with van der Waals surface area (Å²) < 4.78 is 28.7. The minimum Gasteiger partial charge on any atom is -0.755 e. The van der Waals surface area contributed by atoms with E-state index in [1.165, 1.54) is 4.90 Å². The third-order valence-corrected chi connectivity index (χ3v) is 2.59. The maximum absolute atomic E-state index is 10.8. The van der Waals surface area contributed by atoms with Gasteiger partial charge in [0.15, 0.2) is 5.75 Å². The monoisotopic (exact) mass is 241 g/mol. The van der Waals surface area contributed by atoms with Crippen LogP contribution in [0.2, 0.25) is 0 Å². The molecular formula is C9H9N2O4S-. The van der Waals surface area contributed by atoms with Gasteiger partial charge in [-0.2, -0.15) is 0 Å². The lowest BCUT2D eigenvalue weighted by Gasteiger charge is -2.28. The number of ether oxygens (including phenoxy) is 1. The predicted molar refractivity (Wildman–Crippen MR) is 57.9 cm³/mol. The average Bonchev–Trinajstić information content (AvgIpc) is 2.28. The zero-order valence-corrected chi connectivity index (χ0v) is 9.03. The van der Waals surface area contributed by atoms with Crippen LogP contribution in [-0.4, -0.2) is 28.3 Å². The van der Waals surface area contributed by atoms with Crippen molar-refractivity contribution in [1.82, 2.24) is 0 Å². The van der Waals surface area contributed by atoms with Crippen molar-refractivity contribution in [2.45, 2.75) is 0 Å². The van der Waals surface area contributed by atoms with Crippen LogP contribution >= 0.6 is 0 Å². The molecule has 2 rings (SSSR count). The molecule has 1 aliphatic rings.